The van der Waals surface area contributed by atoms with Crippen molar-refractivity contribution < 1.29 is 13.2 Å². The fraction of sp³-hybridized carbons (Fsp3) is 0.692. The van der Waals surface area contributed by atoms with E-state index in [9.17, 15) is 8.42 Å². The molecule has 0 aliphatic heterocycles. The van der Waals surface area contributed by atoms with E-state index in [-0.39, 0.29) is 6.10 Å². The molecule has 0 radical (unpaired) electrons. The minimum Gasteiger partial charge on any atom is -0.377 e. The van der Waals surface area contributed by atoms with Crippen LogP contribution in [0.5, 0.6) is 0 Å². The SMILES string of the molecule is CC(C)OCCNS(=O)(=O)c1csc(CNC2CC2)c1. The molecule has 5 nitrogen and oxygen atoms in total. The zero-order chi connectivity index (χ0) is 14.6. The molecule has 0 spiro atoms. The maximum absolute atomic E-state index is 12.1. The van der Waals surface area contributed by atoms with E-state index >= 15 is 0 Å². The molecule has 1 heterocycles. The van der Waals surface area contributed by atoms with E-state index in [1.54, 1.807) is 11.4 Å². The van der Waals surface area contributed by atoms with Gasteiger partial charge >= 0.3 is 0 Å². The van der Waals surface area contributed by atoms with Crippen LogP contribution in [0.3, 0.4) is 0 Å². The van der Waals surface area contributed by atoms with Gasteiger partial charge in [0.1, 0.15) is 0 Å². The summed E-state index contributed by atoms with van der Waals surface area (Å²) in [7, 11) is -3.41. The normalized spacial score (nSPS) is 15.9. The van der Waals surface area contributed by atoms with Crippen LogP contribution in [-0.4, -0.2) is 33.7 Å². The van der Waals surface area contributed by atoms with E-state index in [0.717, 1.165) is 11.4 Å². The molecule has 7 heteroatoms. The standard InChI is InChI=1S/C13H22N2O3S2/c1-10(2)18-6-5-15-20(16,17)13-7-12(19-9-13)8-14-11-3-4-11/h7,9-11,14-15H,3-6,8H2,1-2H3. The highest BCUT2D eigenvalue weighted by Crippen LogP contribution is 2.22. The molecule has 20 heavy (non-hydrogen) atoms. The lowest BCUT2D eigenvalue weighted by Crippen LogP contribution is -2.28. The van der Waals surface area contributed by atoms with Crippen molar-refractivity contribution in [1.29, 1.82) is 0 Å². The minimum atomic E-state index is -3.41. The van der Waals surface area contributed by atoms with Crippen molar-refractivity contribution in [1.82, 2.24) is 10.0 Å². The summed E-state index contributed by atoms with van der Waals surface area (Å²) < 4.78 is 32.0. The van der Waals surface area contributed by atoms with Crippen LogP contribution in [0, 0.1) is 0 Å². The quantitative estimate of drug-likeness (QED) is 0.680. The van der Waals surface area contributed by atoms with E-state index < -0.39 is 10.0 Å². The molecule has 2 rings (SSSR count). The predicted octanol–water partition coefficient (Wildman–Crippen LogP) is 1.70. The maximum atomic E-state index is 12.1. The first kappa shape index (κ1) is 15.9. The van der Waals surface area contributed by atoms with Gasteiger partial charge in [-0.1, -0.05) is 0 Å². The van der Waals surface area contributed by atoms with Gasteiger partial charge in [-0.15, -0.1) is 11.3 Å². The van der Waals surface area contributed by atoms with Crippen LogP contribution >= 0.6 is 11.3 Å². The van der Waals surface area contributed by atoms with Gasteiger partial charge in [0, 0.05) is 29.4 Å². The Morgan fingerprint density at radius 2 is 2.20 bits per heavy atom. The van der Waals surface area contributed by atoms with E-state index in [4.69, 9.17) is 4.74 Å². The number of sulfonamides is 1. The summed E-state index contributed by atoms with van der Waals surface area (Å²) >= 11 is 1.48. The van der Waals surface area contributed by atoms with Gasteiger partial charge < -0.3 is 10.1 Å². The van der Waals surface area contributed by atoms with E-state index in [2.05, 4.69) is 10.0 Å². The number of thiophene rings is 1. The summed E-state index contributed by atoms with van der Waals surface area (Å²) in [6.07, 6.45) is 2.57. The molecule has 1 saturated carbocycles. The van der Waals surface area contributed by atoms with Crippen LogP contribution in [0.2, 0.25) is 0 Å². The molecule has 0 amide bonds. The molecule has 0 atom stereocenters. The van der Waals surface area contributed by atoms with Gasteiger partial charge in [-0.05, 0) is 32.8 Å². The topological polar surface area (TPSA) is 67.4 Å². The van der Waals surface area contributed by atoms with Crippen molar-refractivity contribution in [2.24, 2.45) is 0 Å². The lowest BCUT2D eigenvalue weighted by molar-refractivity contribution is 0.0834. The van der Waals surface area contributed by atoms with Crippen LogP contribution in [0.4, 0.5) is 0 Å². The number of ether oxygens (including phenoxy) is 1. The summed E-state index contributed by atoms with van der Waals surface area (Å²) in [5, 5.41) is 5.07. The predicted molar refractivity (Wildman–Crippen MR) is 80.5 cm³/mol. The van der Waals surface area contributed by atoms with Crippen LogP contribution in [0.1, 0.15) is 31.6 Å². The van der Waals surface area contributed by atoms with Gasteiger partial charge in [-0.2, -0.15) is 0 Å². The first-order valence-electron chi connectivity index (χ1n) is 6.89. The van der Waals surface area contributed by atoms with E-state index in [1.165, 1.54) is 24.2 Å². The highest BCUT2D eigenvalue weighted by Gasteiger charge is 2.21. The Hall–Kier alpha value is -0.470. The zero-order valence-electron chi connectivity index (χ0n) is 11.9. The number of hydrogen-bond acceptors (Lipinski definition) is 5. The molecule has 0 saturated heterocycles. The molecule has 1 aromatic rings. The van der Waals surface area contributed by atoms with Gasteiger partial charge in [0.05, 0.1) is 17.6 Å². The van der Waals surface area contributed by atoms with Gasteiger partial charge in [-0.3, -0.25) is 0 Å². The van der Waals surface area contributed by atoms with Crippen molar-refractivity contribution in [3.63, 3.8) is 0 Å². The monoisotopic (exact) mass is 318 g/mol. The average molecular weight is 318 g/mol. The molecule has 0 unspecified atom stereocenters. The van der Waals surface area contributed by atoms with Crippen LogP contribution in [-0.2, 0) is 21.3 Å². The Bertz CT molecular complexity index is 521. The zero-order valence-corrected chi connectivity index (χ0v) is 13.5. The number of rotatable bonds is 9. The maximum Gasteiger partial charge on any atom is 0.241 e. The van der Waals surface area contributed by atoms with Crippen molar-refractivity contribution in [3.05, 3.63) is 16.3 Å². The van der Waals surface area contributed by atoms with Crippen LogP contribution in [0.25, 0.3) is 0 Å². The van der Waals surface area contributed by atoms with Crippen molar-refractivity contribution >= 4 is 21.4 Å². The first-order valence-corrected chi connectivity index (χ1v) is 9.26. The Labute approximate surface area is 124 Å². The molecular formula is C13H22N2O3S2. The fourth-order valence-corrected chi connectivity index (χ4v) is 3.92. The minimum absolute atomic E-state index is 0.112. The molecular weight excluding hydrogens is 296 g/mol. The highest BCUT2D eigenvalue weighted by atomic mass is 32.2. The van der Waals surface area contributed by atoms with Gasteiger partial charge in [0.25, 0.3) is 0 Å². The Morgan fingerprint density at radius 3 is 2.85 bits per heavy atom. The Balaban J connectivity index is 1.81. The smallest absolute Gasteiger partial charge is 0.241 e. The summed E-state index contributed by atoms with van der Waals surface area (Å²) in [4.78, 5) is 1.40. The molecule has 0 aromatic carbocycles. The molecule has 1 aliphatic carbocycles. The second kappa shape index (κ2) is 7.00. The van der Waals surface area contributed by atoms with Crippen molar-refractivity contribution in [2.75, 3.05) is 13.2 Å². The lowest BCUT2D eigenvalue weighted by Gasteiger charge is -2.08. The third-order valence-electron chi connectivity index (χ3n) is 2.93. The van der Waals surface area contributed by atoms with Crippen molar-refractivity contribution in [2.45, 2.75) is 50.3 Å². The third-order valence-corrected chi connectivity index (χ3v) is 5.45. The Morgan fingerprint density at radius 1 is 1.45 bits per heavy atom. The second-order valence-corrected chi connectivity index (χ2v) is 7.98. The molecule has 1 aliphatic rings. The highest BCUT2D eigenvalue weighted by molar-refractivity contribution is 7.89. The molecule has 114 valence electrons. The van der Waals surface area contributed by atoms with Crippen LogP contribution < -0.4 is 10.0 Å². The molecule has 0 bridgehead atoms. The Kier molecular flexibility index (Phi) is 5.57. The van der Waals surface area contributed by atoms with E-state index in [0.29, 0.717) is 24.1 Å². The summed E-state index contributed by atoms with van der Waals surface area (Å²) in [5.41, 5.74) is 0. The van der Waals surface area contributed by atoms with Gasteiger partial charge in [0.2, 0.25) is 10.0 Å². The average Bonchev–Trinajstić information content (AvgIpc) is 3.08. The van der Waals surface area contributed by atoms with E-state index in [1.807, 2.05) is 13.8 Å². The first-order chi connectivity index (χ1) is 9.47. The van der Waals surface area contributed by atoms with Crippen molar-refractivity contribution in [3.8, 4) is 0 Å². The largest absolute Gasteiger partial charge is 0.377 e. The fourth-order valence-electron chi connectivity index (χ4n) is 1.68. The lowest BCUT2D eigenvalue weighted by atomic mass is 10.4. The second-order valence-electron chi connectivity index (χ2n) is 5.22. The summed E-state index contributed by atoms with van der Waals surface area (Å²) in [6.45, 7) is 5.28. The number of hydrogen-bond donors (Lipinski definition) is 2. The van der Waals surface area contributed by atoms with Gasteiger partial charge in [-0.25, -0.2) is 13.1 Å². The molecule has 2 N–H and O–H groups in total. The summed E-state index contributed by atoms with van der Waals surface area (Å²) in [6, 6.07) is 2.37. The molecule has 1 aromatic heterocycles. The summed E-state index contributed by atoms with van der Waals surface area (Å²) in [5.74, 6) is 0. The number of nitrogens with one attached hydrogen (secondary N) is 2. The molecule has 1 fully saturated rings. The van der Waals surface area contributed by atoms with Crippen LogP contribution in [0.15, 0.2) is 16.3 Å². The van der Waals surface area contributed by atoms with Gasteiger partial charge in [0.15, 0.2) is 0 Å². The third kappa shape index (κ3) is 5.14.